The van der Waals surface area contributed by atoms with Crippen LogP contribution in [0.5, 0.6) is 0 Å². The number of Topliss-reactive ketones (excluding diaryl/α,β-unsaturated/α-hetero) is 1. The second-order valence-corrected chi connectivity index (χ2v) is 9.35. The van der Waals surface area contributed by atoms with Crippen LogP contribution in [-0.4, -0.2) is 49.6 Å². The standard InChI is InChI=1S/C26H37N3O4/c1-5-7-11-29-12-8-18(9-13-29)22-23-19(15-26(3,4)16-21(23)30)28-20(17-32-14-10-27)24(22)25(31)33-6-2/h7-9,11-12,22,28H,5-6,10,13-17,27H2,1-4H3/b11-7-. The van der Waals surface area contributed by atoms with E-state index >= 15 is 0 Å². The number of nitrogens with one attached hydrogen (secondary N) is 1. The van der Waals surface area contributed by atoms with E-state index < -0.39 is 11.9 Å². The quantitative estimate of drug-likeness (QED) is 0.407. The van der Waals surface area contributed by atoms with Crippen LogP contribution in [0.3, 0.4) is 0 Å². The lowest BCUT2D eigenvalue weighted by molar-refractivity contribution is -0.139. The van der Waals surface area contributed by atoms with Crippen molar-refractivity contribution in [3.8, 4) is 0 Å². The van der Waals surface area contributed by atoms with Crippen molar-refractivity contribution in [3.05, 3.63) is 58.7 Å². The Balaban J connectivity index is 2.07. The summed E-state index contributed by atoms with van der Waals surface area (Å²) in [6.45, 7) is 9.96. The highest BCUT2D eigenvalue weighted by molar-refractivity contribution is 6.03. The molecule has 0 saturated carbocycles. The molecule has 1 aliphatic carbocycles. The summed E-state index contributed by atoms with van der Waals surface area (Å²) < 4.78 is 11.2. The molecule has 3 rings (SSSR count). The van der Waals surface area contributed by atoms with Gasteiger partial charge in [-0.3, -0.25) is 4.79 Å². The number of carbonyl (C=O) groups excluding carboxylic acids is 2. The molecule has 0 amide bonds. The van der Waals surface area contributed by atoms with E-state index in [0.717, 1.165) is 24.1 Å². The van der Waals surface area contributed by atoms with Crippen molar-refractivity contribution in [1.82, 2.24) is 10.2 Å². The number of rotatable bonds is 9. The summed E-state index contributed by atoms with van der Waals surface area (Å²) in [6.07, 6.45) is 12.3. The van der Waals surface area contributed by atoms with E-state index in [4.69, 9.17) is 15.2 Å². The van der Waals surface area contributed by atoms with Crippen molar-refractivity contribution in [1.29, 1.82) is 0 Å². The zero-order valence-corrected chi connectivity index (χ0v) is 20.3. The number of allylic oxidation sites excluding steroid dienone is 5. The number of hydrogen-bond acceptors (Lipinski definition) is 7. The average Bonchev–Trinajstić information content (AvgIpc) is 2.76. The summed E-state index contributed by atoms with van der Waals surface area (Å²) in [5, 5.41) is 3.39. The Labute approximate surface area is 197 Å². The number of esters is 1. The van der Waals surface area contributed by atoms with Gasteiger partial charge in [-0.2, -0.15) is 0 Å². The summed E-state index contributed by atoms with van der Waals surface area (Å²) >= 11 is 0. The van der Waals surface area contributed by atoms with Crippen LogP contribution in [0.1, 0.15) is 47.0 Å². The third kappa shape index (κ3) is 5.84. The van der Waals surface area contributed by atoms with Gasteiger partial charge < -0.3 is 25.4 Å². The van der Waals surface area contributed by atoms with E-state index in [1.807, 2.05) is 18.5 Å². The minimum atomic E-state index is -0.478. The minimum Gasteiger partial charge on any atom is -0.463 e. The fraction of sp³-hybridized carbons (Fsp3) is 0.538. The average molecular weight is 456 g/mol. The van der Waals surface area contributed by atoms with Crippen LogP contribution in [0.25, 0.3) is 0 Å². The number of ketones is 1. The van der Waals surface area contributed by atoms with Crippen LogP contribution < -0.4 is 11.1 Å². The normalized spacial score (nSPS) is 22.5. The lowest BCUT2D eigenvalue weighted by atomic mass is 9.68. The first-order valence-electron chi connectivity index (χ1n) is 11.8. The summed E-state index contributed by atoms with van der Waals surface area (Å²) in [4.78, 5) is 28.7. The smallest absolute Gasteiger partial charge is 0.336 e. The fourth-order valence-electron chi connectivity index (χ4n) is 4.59. The molecule has 3 aliphatic rings. The molecule has 0 fully saturated rings. The number of dihydropyridines is 1. The molecule has 0 aromatic carbocycles. The van der Waals surface area contributed by atoms with Crippen LogP contribution in [0.4, 0.5) is 0 Å². The molecule has 2 aliphatic heterocycles. The molecule has 7 heteroatoms. The summed E-state index contributed by atoms with van der Waals surface area (Å²) in [7, 11) is 0. The second-order valence-electron chi connectivity index (χ2n) is 9.35. The Hall–Kier alpha value is -2.64. The molecule has 0 radical (unpaired) electrons. The Morgan fingerprint density at radius 3 is 2.76 bits per heavy atom. The number of nitrogens with zero attached hydrogens (tertiary/aromatic N) is 1. The van der Waals surface area contributed by atoms with Crippen LogP contribution in [0.15, 0.2) is 58.7 Å². The molecule has 0 aromatic rings. The Kier molecular flexibility index (Phi) is 8.32. The van der Waals surface area contributed by atoms with E-state index in [9.17, 15) is 9.59 Å². The van der Waals surface area contributed by atoms with Crippen LogP contribution >= 0.6 is 0 Å². The molecule has 2 heterocycles. The first-order valence-corrected chi connectivity index (χ1v) is 11.8. The zero-order chi connectivity index (χ0) is 24.0. The van der Waals surface area contributed by atoms with Crippen molar-refractivity contribution in [2.24, 2.45) is 17.1 Å². The third-order valence-electron chi connectivity index (χ3n) is 5.99. The molecule has 180 valence electrons. The molecule has 0 saturated heterocycles. The zero-order valence-electron chi connectivity index (χ0n) is 20.3. The number of nitrogens with two attached hydrogens (primary N) is 1. The summed E-state index contributed by atoms with van der Waals surface area (Å²) in [6, 6.07) is 0. The van der Waals surface area contributed by atoms with Gasteiger partial charge in [0.2, 0.25) is 0 Å². The molecular weight excluding hydrogens is 418 g/mol. The van der Waals surface area contributed by atoms with Gasteiger partial charge in [-0.15, -0.1) is 0 Å². The van der Waals surface area contributed by atoms with Gasteiger partial charge in [0.15, 0.2) is 5.78 Å². The van der Waals surface area contributed by atoms with Gasteiger partial charge in [0, 0.05) is 42.9 Å². The predicted molar refractivity (Wildman–Crippen MR) is 129 cm³/mol. The maximum absolute atomic E-state index is 13.4. The van der Waals surface area contributed by atoms with E-state index in [0.29, 0.717) is 43.0 Å². The van der Waals surface area contributed by atoms with Gasteiger partial charge >= 0.3 is 5.97 Å². The van der Waals surface area contributed by atoms with Crippen molar-refractivity contribution in [2.75, 3.05) is 32.9 Å². The van der Waals surface area contributed by atoms with E-state index in [2.05, 4.69) is 43.1 Å². The van der Waals surface area contributed by atoms with E-state index in [1.54, 1.807) is 6.92 Å². The van der Waals surface area contributed by atoms with Crippen molar-refractivity contribution in [3.63, 3.8) is 0 Å². The molecule has 3 N–H and O–H groups in total. The number of carbonyl (C=O) groups is 2. The molecule has 0 aromatic heterocycles. The Morgan fingerprint density at radius 1 is 1.33 bits per heavy atom. The van der Waals surface area contributed by atoms with Gasteiger partial charge in [-0.1, -0.05) is 32.9 Å². The number of hydrogen-bond donors (Lipinski definition) is 2. The van der Waals surface area contributed by atoms with Gasteiger partial charge in [0.25, 0.3) is 0 Å². The molecule has 33 heavy (non-hydrogen) atoms. The van der Waals surface area contributed by atoms with E-state index in [-0.39, 0.29) is 24.4 Å². The summed E-state index contributed by atoms with van der Waals surface area (Å²) in [5.74, 6) is -0.827. The van der Waals surface area contributed by atoms with Gasteiger partial charge in [0.1, 0.15) is 0 Å². The van der Waals surface area contributed by atoms with E-state index in [1.165, 1.54) is 0 Å². The highest BCUT2D eigenvalue weighted by atomic mass is 16.5. The highest BCUT2D eigenvalue weighted by Gasteiger charge is 2.44. The van der Waals surface area contributed by atoms with Crippen molar-refractivity contribution < 1.29 is 19.1 Å². The molecule has 0 spiro atoms. The number of ether oxygens (including phenoxy) is 2. The van der Waals surface area contributed by atoms with Gasteiger partial charge in [-0.05, 0) is 43.0 Å². The maximum atomic E-state index is 13.4. The lowest BCUT2D eigenvalue weighted by Gasteiger charge is -2.40. The lowest BCUT2D eigenvalue weighted by Crippen LogP contribution is -2.41. The fourth-order valence-corrected chi connectivity index (χ4v) is 4.59. The molecular formula is C26H37N3O4. The Morgan fingerprint density at radius 2 is 2.12 bits per heavy atom. The molecule has 7 nitrogen and oxygen atoms in total. The largest absolute Gasteiger partial charge is 0.463 e. The first kappa shape index (κ1) is 25.0. The van der Waals surface area contributed by atoms with Gasteiger partial charge in [0.05, 0.1) is 31.1 Å². The van der Waals surface area contributed by atoms with Crippen LogP contribution in [-0.2, 0) is 19.1 Å². The van der Waals surface area contributed by atoms with Gasteiger partial charge in [-0.25, -0.2) is 4.79 Å². The second kappa shape index (κ2) is 11.0. The topological polar surface area (TPSA) is 93.9 Å². The predicted octanol–water partition coefficient (Wildman–Crippen LogP) is 3.32. The Bertz CT molecular complexity index is 924. The van der Waals surface area contributed by atoms with Crippen LogP contribution in [0.2, 0.25) is 0 Å². The first-order chi connectivity index (χ1) is 15.8. The maximum Gasteiger partial charge on any atom is 0.336 e. The SMILES string of the molecule is CC/C=C\N1C=CC(C2C3=C(CC(C)(C)CC3=O)NC(COCCN)=C2C(=O)OCC)=CC1. The third-order valence-corrected chi connectivity index (χ3v) is 5.99. The monoisotopic (exact) mass is 455 g/mol. The molecule has 0 bridgehead atoms. The van der Waals surface area contributed by atoms with Crippen molar-refractivity contribution in [2.45, 2.75) is 47.0 Å². The molecule has 1 atom stereocenters. The highest BCUT2D eigenvalue weighted by Crippen LogP contribution is 2.45. The minimum absolute atomic E-state index is 0.0742. The van der Waals surface area contributed by atoms with Crippen LogP contribution in [0, 0.1) is 11.3 Å². The van der Waals surface area contributed by atoms with Crippen molar-refractivity contribution >= 4 is 11.8 Å². The molecule has 1 unspecified atom stereocenters. The summed E-state index contributed by atoms with van der Waals surface area (Å²) in [5.41, 5.74) is 9.03.